The zero-order chi connectivity index (χ0) is 16.5. The van der Waals surface area contributed by atoms with E-state index in [2.05, 4.69) is 16.0 Å². The van der Waals surface area contributed by atoms with Crippen molar-refractivity contribution in [3.63, 3.8) is 0 Å². The molecule has 1 aliphatic carbocycles. The number of urea groups is 1. The van der Waals surface area contributed by atoms with Crippen molar-refractivity contribution >= 4 is 17.6 Å². The SMILES string of the molecule is CC(=O)Nc1cccc(OCCNC(=O)NC2CCCCC2)c1. The summed E-state index contributed by atoms with van der Waals surface area (Å²) in [5.41, 5.74) is 0.693. The van der Waals surface area contributed by atoms with Gasteiger partial charge in [-0.25, -0.2) is 4.79 Å². The molecule has 6 nitrogen and oxygen atoms in total. The van der Waals surface area contributed by atoms with Crippen molar-refractivity contribution in [2.45, 2.75) is 45.1 Å². The van der Waals surface area contributed by atoms with Gasteiger partial charge in [0.05, 0.1) is 6.54 Å². The average Bonchev–Trinajstić information content (AvgIpc) is 2.52. The van der Waals surface area contributed by atoms with Crippen molar-refractivity contribution in [2.75, 3.05) is 18.5 Å². The van der Waals surface area contributed by atoms with Crippen LogP contribution in [0.25, 0.3) is 0 Å². The Labute approximate surface area is 137 Å². The second kappa shape index (κ2) is 9.02. The number of hydrogen-bond donors (Lipinski definition) is 3. The Morgan fingerprint density at radius 3 is 2.74 bits per heavy atom. The van der Waals surface area contributed by atoms with E-state index in [0.717, 1.165) is 12.8 Å². The van der Waals surface area contributed by atoms with E-state index in [1.807, 2.05) is 12.1 Å². The largest absolute Gasteiger partial charge is 0.492 e. The molecule has 0 aromatic heterocycles. The van der Waals surface area contributed by atoms with Crippen molar-refractivity contribution in [2.24, 2.45) is 0 Å². The highest BCUT2D eigenvalue weighted by Gasteiger charge is 2.15. The molecule has 23 heavy (non-hydrogen) atoms. The molecule has 3 amide bonds. The van der Waals surface area contributed by atoms with Crippen molar-refractivity contribution in [3.05, 3.63) is 24.3 Å². The molecule has 0 heterocycles. The van der Waals surface area contributed by atoms with Crippen molar-refractivity contribution < 1.29 is 14.3 Å². The predicted octanol–water partition coefficient (Wildman–Crippen LogP) is 2.66. The number of nitrogens with one attached hydrogen (secondary N) is 3. The number of ether oxygens (including phenoxy) is 1. The highest BCUT2D eigenvalue weighted by Crippen LogP contribution is 2.18. The van der Waals surface area contributed by atoms with Crippen LogP contribution in [0.2, 0.25) is 0 Å². The quantitative estimate of drug-likeness (QED) is 0.705. The number of carbonyl (C=O) groups is 2. The Bertz CT molecular complexity index is 528. The molecule has 1 aliphatic rings. The van der Waals surface area contributed by atoms with E-state index in [1.54, 1.807) is 12.1 Å². The van der Waals surface area contributed by atoms with Crippen LogP contribution in [0.4, 0.5) is 10.5 Å². The van der Waals surface area contributed by atoms with Crippen molar-refractivity contribution in [3.8, 4) is 5.75 Å². The lowest BCUT2D eigenvalue weighted by atomic mass is 9.96. The molecule has 3 N–H and O–H groups in total. The van der Waals surface area contributed by atoms with Crippen LogP contribution in [0.1, 0.15) is 39.0 Å². The molecule has 0 aliphatic heterocycles. The Hall–Kier alpha value is -2.24. The molecule has 1 aromatic rings. The lowest BCUT2D eigenvalue weighted by Gasteiger charge is -2.22. The minimum absolute atomic E-state index is 0.122. The minimum atomic E-state index is -0.132. The molecule has 0 atom stereocenters. The van der Waals surface area contributed by atoms with Gasteiger partial charge in [-0.15, -0.1) is 0 Å². The molecule has 126 valence electrons. The van der Waals surface area contributed by atoms with Gasteiger partial charge in [0.15, 0.2) is 0 Å². The van der Waals surface area contributed by atoms with Crippen LogP contribution in [-0.2, 0) is 4.79 Å². The van der Waals surface area contributed by atoms with Crippen molar-refractivity contribution in [1.29, 1.82) is 0 Å². The third-order valence-electron chi connectivity index (χ3n) is 3.75. The molecular weight excluding hydrogens is 294 g/mol. The highest BCUT2D eigenvalue weighted by molar-refractivity contribution is 5.88. The van der Waals surface area contributed by atoms with Crippen LogP contribution in [0, 0.1) is 0 Å². The second-order valence-corrected chi connectivity index (χ2v) is 5.79. The zero-order valence-corrected chi connectivity index (χ0v) is 13.6. The molecule has 0 unspecified atom stereocenters. The summed E-state index contributed by atoms with van der Waals surface area (Å²) in [7, 11) is 0. The van der Waals surface area contributed by atoms with Gasteiger partial charge in [0.25, 0.3) is 0 Å². The third-order valence-corrected chi connectivity index (χ3v) is 3.75. The Morgan fingerprint density at radius 1 is 1.22 bits per heavy atom. The maximum Gasteiger partial charge on any atom is 0.315 e. The third kappa shape index (κ3) is 6.59. The standard InChI is InChI=1S/C17H25N3O3/c1-13(21)19-15-8-5-9-16(12-15)23-11-10-18-17(22)20-14-6-3-2-4-7-14/h5,8-9,12,14H,2-4,6-7,10-11H2,1H3,(H,19,21)(H2,18,20,22). The Morgan fingerprint density at radius 2 is 2.00 bits per heavy atom. The zero-order valence-electron chi connectivity index (χ0n) is 13.6. The fourth-order valence-corrected chi connectivity index (χ4v) is 2.68. The van der Waals surface area contributed by atoms with Gasteiger partial charge in [0, 0.05) is 24.7 Å². The number of carbonyl (C=O) groups excluding carboxylic acids is 2. The van der Waals surface area contributed by atoms with Gasteiger partial charge in [-0.1, -0.05) is 25.3 Å². The van der Waals surface area contributed by atoms with Gasteiger partial charge in [0.2, 0.25) is 5.91 Å². The van der Waals surface area contributed by atoms with Crippen molar-refractivity contribution in [1.82, 2.24) is 10.6 Å². The van der Waals surface area contributed by atoms with E-state index in [1.165, 1.54) is 26.2 Å². The van der Waals surface area contributed by atoms with Crippen LogP contribution in [0.5, 0.6) is 5.75 Å². The number of benzene rings is 1. The molecule has 6 heteroatoms. The lowest BCUT2D eigenvalue weighted by molar-refractivity contribution is -0.114. The van der Waals surface area contributed by atoms with Crippen LogP contribution >= 0.6 is 0 Å². The summed E-state index contributed by atoms with van der Waals surface area (Å²) in [6, 6.07) is 7.34. The molecular formula is C17H25N3O3. The van der Waals surface area contributed by atoms with Gasteiger partial charge in [-0.05, 0) is 25.0 Å². The second-order valence-electron chi connectivity index (χ2n) is 5.79. The summed E-state index contributed by atoms with van der Waals surface area (Å²) in [5.74, 6) is 0.536. The van der Waals surface area contributed by atoms with Gasteiger partial charge in [-0.2, -0.15) is 0 Å². The van der Waals surface area contributed by atoms with Crippen LogP contribution < -0.4 is 20.7 Å². The summed E-state index contributed by atoms with van der Waals surface area (Å²) in [5, 5.41) is 8.50. The topological polar surface area (TPSA) is 79.5 Å². The monoisotopic (exact) mass is 319 g/mol. The molecule has 0 spiro atoms. The maximum absolute atomic E-state index is 11.8. The van der Waals surface area contributed by atoms with Gasteiger partial charge in [0.1, 0.15) is 12.4 Å². The fourth-order valence-electron chi connectivity index (χ4n) is 2.68. The van der Waals surface area contributed by atoms with Gasteiger partial charge >= 0.3 is 6.03 Å². The van der Waals surface area contributed by atoms with Gasteiger partial charge in [-0.3, -0.25) is 4.79 Å². The molecule has 1 aromatic carbocycles. The first-order valence-corrected chi connectivity index (χ1v) is 8.18. The smallest absolute Gasteiger partial charge is 0.315 e. The first-order chi connectivity index (χ1) is 11.1. The van der Waals surface area contributed by atoms with E-state index in [-0.39, 0.29) is 11.9 Å². The highest BCUT2D eigenvalue weighted by atomic mass is 16.5. The molecule has 1 fully saturated rings. The predicted molar refractivity (Wildman–Crippen MR) is 89.6 cm³/mol. The minimum Gasteiger partial charge on any atom is -0.492 e. The van der Waals surface area contributed by atoms with E-state index in [0.29, 0.717) is 30.6 Å². The van der Waals surface area contributed by atoms with E-state index in [4.69, 9.17) is 4.74 Å². The summed E-state index contributed by atoms with van der Waals surface area (Å²) in [6.45, 7) is 2.27. The summed E-state index contributed by atoms with van der Waals surface area (Å²) in [6.07, 6.45) is 5.79. The summed E-state index contributed by atoms with van der Waals surface area (Å²) in [4.78, 5) is 22.8. The Kier molecular flexibility index (Phi) is 6.72. The first-order valence-electron chi connectivity index (χ1n) is 8.18. The lowest BCUT2D eigenvalue weighted by Crippen LogP contribution is -2.44. The number of anilines is 1. The number of rotatable bonds is 6. The van der Waals surface area contributed by atoms with E-state index < -0.39 is 0 Å². The normalized spacial score (nSPS) is 14.8. The first kappa shape index (κ1) is 17.1. The average molecular weight is 319 g/mol. The van der Waals surface area contributed by atoms with Crippen LogP contribution in [-0.4, -0.2) is 31.1 Å². The summed E-state index contributed by atoms with van der Waals surface area (Å²) < 4.78 is 5.57. The molecule has 0 radical (unpaired) electrons. The number of amides is 3. The van der Waals surface area contributed by atoms with Crippen LogP contribution in [0.15, 0.2) is 24.3 Å². The fraction of sp³-hybridized carbons (Fsp3) is 0.529. The molecule has 0 saturated heterocycles. The molecule has 1 saturated carbocycles. The van der Waals surface area contributed by atoms with E-state index in [9.17, 15) is 9.59 Å². The molecule has 0 bridgehead atoms. The van der Waals surface area contributed by atoms with E-state index >= 15 is 0 Å². The van der Waals surface area contributed by atoms with Gasteiger partial charge < -0.3 is 20.7 Å². The maximum atomic E-state index is 11.8. The number of hydrogen-bond acceptors (Lipinski definition) is 3. The summed E-state index contributed by atoms with van der Waals surface area (Å²) >= 11 is 0. The Balaban J connectivity index is 1.64. The van der Waals surface area contributed by atoms with Crippen LogP contribution in [0.3, 0.4) is 0 Å². The molecule has 2 rings (SSSR count).